The number of aliphatic carboxylic acids is 1. The molecule has 0 amide bonds. The summed E-state index contributed by atoms with van der Waals surface area (Å²) in [5.74, 6) is -0.387. The number of carboxylic acids is 1. The summed E-state index contributed by atoms with van der Waals surface area (Å²) in [5, 5.41) is 22.1. The van der Waals surface area contributed by atoms with Crippen LogP contribution in [0.1, 0.15) is 24.8 Å². The van der Waals surface area contributed by atoms with Crippen LogP contribution in [0.3, 0.4) is 0 Å². The van der Waals surface area contributed by atoms with Crippen molar-refractivity contribution in [1.29, 1.82) is 0 Å². The maximum Gasteiger partial charge on any atom is 0.303 e. The maximum absolute atomic E-state index is 10.7. The van der Waals surface area contributed by atoms with E-state index in [2.05, 4.69) is 10.3 Å². The molecular weight excluding hydrogens is 238 g/mol. The second kappa shape index (κ2) is 6.53. The van der Waals surface area contributed by atoms with E-state index in [0.29, 0.717) is 30.8 Å². The van der Waals surface area contributed by atoms with Crippen LogP contribution in [0.4, 0.5) is 11.5 Å². The number of nitrogens with one attached hydrogen (secondary N) is 1. The molecule has 0 aliphatic carbocycles. The summed E-state index contributed by atoms with van der Waals surface area (Å²) in [7, 11) is 0. The summed E-state index contributed by atoms with van der Waals surface area (Å²) in [4.78, 5) is 24.6. The Bertz CT molecular complexity index is 448. The van der Waals surface area contributed by atoms with Gasteiger partial charge in [-0.2, -0.15) is 0 Å². The number of rotatable bonds is 7. The molecule has 98 valence electrons. The molecule has 0 spiro atoms. The van der Waals surface area contributed by atoms with Crippen molar-refractivity contribution in [2.24, 2.45) is 0 Å². The first-order chi connectivity index (χ1) is 8.50. The number of nitrogens with zero attached hydrogens (tertiary/aromatic N) is 2. The lowest BCUT2D eigenvalue weighted by atomic mass is 10.2. The van der Waals surface area contributed by atoms with Gasteiger partial charge in [-0.15, -0.1) is 0 Å². The number of hydrogen-bond donors (Lipinski definition) is 2. The monoisotopic (exact) mass is 253 g/mol. The van der Waals surface area contributed by atoms with Crippen LogP contribution in [0.5, 0.6) is 0 Å². The topological polar surface area (TPSA) is 105 Å². The molecule has 0 aliphatic heterocycles. The average molecular weight is 253 g/mol. The van der Waals surface area contributed by atoms with Gasteiger partial charge in [-0.1, -0.05) is 0 Å². The molecule has 18 heavy (non-hydrogen) atoms. The largest absolute Gasteiger partial charge is 0.481 e. The molecule has 1 aromatic rings. The lowest BCUT2D eigenvalue weighted by Gasteiger charge is -2.05. The molecule has 1 heterocycles. The fourth-order valence-corrected chi connectivity index (χ4v) is 1.42. The Morgan fingerprint density at radius 1 is 1.56 bits per heavy atom. The van der Waals surface area contributed by atoms with Crippen molar-refractivity contribution in [3.63, 3.8) is 0 Å². The van der Waals surface area contributed by atoms with E-state index >= 15 is 0 Å². The van der Waals surface area contributed by atoms with Crippen LogP contribution in [0.25, 0.3) is 0 Å². The van der Waals surface area contributed by atoms with Gasteiger partial charge in [0.15, 0.2) is 0 Å². The molecule has 0 unspecified atom stereocenters. The number of hydrogen-bond acceptors (Lipinski definition) is 5. The summed E-state index contributed by atoms with van der Waals surface area (Å²) in [6.45, 7) is 2.17. The number of aromatic nitrogens is 1. The highest BCUT2D eigenvalue weighted by molar-refractivity contribution is 5.66. The van der Waals surface area contributed by atoms with E-state index in [1.165, 1.54) is 12.3 Å². The molecule has 1 aromatic heterocycles. The summed E-state index contributed by atoms with van der Waals surface area (Å²) in [6, 6.07) is 1.38. The third-order valence-corrected chi connectivity index (χ3v) is 2.39. The molecule has 0 aromatic carbocycles. The molecule has 2 N–H and O–H groups in total. The quantitative estimate of drug-likeness (QED) is 0.437. The van der Waals surface area contributed by atoms with Gasteiger partial charge in [0, 0.05) is 24.7 Å². The summed E-state index contributed by atoms with van der Waals surface area (Å²) in [6.07, 6.45) is 2.81. The number of anilines is 1. The number of unbranched alkanes of at least 4 members (excludes halogenated alkanes) is 1. The summed E-state index contributed by atoms with van der Waals surface area (Å²) < 4.78 is 0. The molecule has 0 fully saturated rings. The van der Waals surface area contributed by atoms with Crippen molar-refractivity contribution < 1.29 is 14.8 Å². The zero-order valence-corrected chi connectivity index (χ0v) is 10.0. The van der Waals surface area contributed by atoms with Gasteiger partial charge < -0.3 is 10.4 Å². The molecule has 0 radical (unpaired) electrons. The fraction of sp³-hybridized carbons (Fsp3) is 0.455. The van der Waals surface area contributed by atoms with E-state index in [9.17, 15) is 14.9 Å². The van der Waals surface area contributed by atoms with Crippen molar-refractivity contribution in [2.75, 3.05) is 11.9 Å². The van der Waals surface area contributed by atoms with E-state index in [-0.39, 0.29) is 12.1 Å². The first-order valence-electron chi connectivity index (χ1n) is 5.57. The van der Waals surface area contributed by atoms with Gasteiger partial charge >= 0.3 is 5.97 Å². The highest BCUT2D eigenvalue weighted by Gasteiger charge is 2.11. The first-order valence-corrected chi connectivity index (χ1v) is 5.57. The Morgan fingerprint density at radius 3 is 2.89 bits per heavy atom. The first kappa shape index (κ1) is 13.9. The lowest BCUT2D eigenvalue weighted by molar-refractivity contribution is -0.385. The Morgan fingerprint density at radius 2 is 2.28 bits per heavy atom. The Labute approximate surface area is 104 Å². The molecular formula is C11H15N3O4. The maximum atomic E-state index is 10.7. The van der Waals surface area contributed by atoms with Gasteiger partial charge in [0.05, 0.1) is 11.0 Å². The van der Waals surface area contributed by atoms with Crippen molar-refractivity contribution in [3.05, 3.63) is 27.9 Å². The van der Waals surface area contributed by atoms with Gasteiger partial charge in [0.2, 0.25) is 0 Å². The smallest absolute Gasteiger partial charge is 0.303 e. The molecule has 0 saturated carbocycles. The highest BCUT2D eigenvalue weighted by Crippen LogP contribution is 2.19. The highest BCUT2D eigenvalue weighted by atomic mass is 16.6. The molecule has 1 rings (SSSR count). The molecule has 0 aliphatic rings. The van der Waals surface area contributed by atoms with Gasteiger partial charge in [0.25, 0.3) is 5.69 Å². The van der Waals surface area contributed by atoms with Crippen LogP contribution in [0.15, 0.2) is 12.3 Å². The van der Waals surface area contributed by atoms with Crippen LogP contribution < -0.4 is 5.32 Å². The lowest BCUT2D eigenvalue weighted by Crippen LogP contribution is -2.05. The second-order valence-electron chi connectivity index (χ2n) is 3.89. The van der Waals surface area contributed by atoms with Crippen LogP contribution in [0.2, 0.25) is 0 Å². The molecule has 7 nitrogen and oxygen atoms in total. The van der Waals surface area contributed by atoms with Gasteiger partial charge in [-0.05, 0) is 19.8 Å². The van der Waals surface area contributed by atoms with Gasteiger partial charge in [0.1, 0.15) is 5.82 Å². The molecule has 0 saturated heterocycles. The van der Waals surface area contributed by atoms with Crippen molar-refractivity contribution in [3.8, 4) is 0 Å². The van der Waals surface area contributed by atoms with E-state index < -0.39 is 10.9 Å². The molecule has 0 bridgehead atoms. The van der Waals surface area contributed by atoms with Crippen molar-refractivity contribution >= 4 is 17.5 Å². The minimum Gasteiger partial charge on any atom is -0.481 e. The van der Waals surface area contributed by atoms with Crippen molar-refractivity contribution in [2.45, 2.75) is 26.2 Å². The second-order valence-corrected chi connectivity index (χ2v) is 3.89. The SMILES string of the molecule is Cc1cnc(NCCCCC(=O)O)cc1[N+](=O)[O-]. The van der Waals surface area contributed by atoms with Crippen LogP contribution >= 0.6 is 0 Å². The standard InChI is InChI=1S/C11H15N3O4/c1-8-7-13-10(6-9(8)14(17)18)12-5-3-2-4-11(15)16/h6-7H,2-5H2,1H3,(H,12,13)(H,15,16). The average Bonchev–Trinajstić information content (AvgIpc) is 2.30. The number of pyridine rings is 1. The summed E-state index contributed by atoms with van der Waals surface area (Å²) >= 11 is 0. The van der Waals surface area contributed by atoms with Gasteiger partial charge in [-0.25, -0.2) is 4.98 Å². The molecule has 7 heteroatoms. The predicted octanol–water partition coefficient (Wildman–Crippen LogP) is 1.97. The van der Waals surface area contributed by atoms with Crippen molar-refractivity contribution in [1.82, 2.24) is 4.98 Å². The minimum absolute atomic E-state index is 0.0260. The number of aryl methyl sites for hydroxylation is 1. The van der Waals surface area contributed by atoms with E-state index in [1.807, 2.05) is 0 Å². The third kappa shape index (κ3) is 4.36. The Balaban J connectivity index is 2.45. The van der Waals surface area contributed by atoms with Crippen LogP contribution in [-0.2, 0) is 4.79 Å². The van der Waals surface area contributed by atoms with Crippen LogP contribution in [-0.4, -0.2) is 27.5 Å². The Kier molecular flexibility index (Phi) is 5.04. The summed E-state index contributed by atoms with van der Waals surface area (Å²) in [5.41, 5.74) is 0.537. The number of carbonyl (C=O) groups is 1. The Hall–Kier alpha value is -2.18. The number of carboxylic acid groups (broad SMARTS) is 1. The molecule has 0 atom stereocenters. The zero-order valence-electron chi connectivity index (χ0n) is 10.0. The van der Waals surface area contributed by atoms with E-state index in [1.54, 1.807) is 6.92 Å². The van der Waals surface area contributed by atoms with Gasteiger partial charge in [-0.3, -0.25) is 14.9 Å². The van der Waals surface area contributed by atoms with Crippen LogP contribution in [0, 0.1) is 17.0 Å². The van der Waals surface area contributed by atoms with E-state index in [0.717, 1.165) is 0 Å². The normalized spacial score (nSPS) is 10.1. The minimum atomic E-state index is -0.820. The fourth-order valence-electron chi connectivity index (χ4n) is 1.42. The predicted molar refractivity (Wildman–Crippen MR) is 65.6 cm³/mol. The number of nitro groups is 1. The van der Waals surface area contributed by atoms with E-state index in [4.69, 9.17) is 5.11 Å². The zero-order chi connectivity index (χ0) is 13.5. The third-order valence-electron chi connectivity index (χ3n) is 2.39.